The molecular weight excluding hydrogens is 332 g/mol. The van der Waals surface area contributed by atoms with Crippen LogP contribution in [0, 0.1) is 36.6 Å². The second kappa shape index (κ2) is 6.15. The van der Waals surface area contributed by atoms with Gasteiger partial charge in [0.15, 0.2) is 6.19 Å². The third-order valence-corrected chi connectivity index (χ3v) is 4.19. The minimum Gasteiger partial charge on any atom is -0.507 e. The zero-order chi connectivity index (χ0) is 19.0. The fourth-order valence-corrected chi connectivity index (χ4v) is 2.97. The minimum absolute atomic E-state index is 0.00808. The first-order valence-electron chi connectivity index (χ1n) is 7.66. The Morgan fingerprint density at radius 3 is 2.46 bits per heavy atom. The number of aliphatic imine (C=N–C) groups is 1. The van der Waals surface area contributed by atoms with Gasteiger partial charge in [0.2, 0.25) is 5.96 Å². The molecule has 0 saturated heterocycles. The standard InChI is InChI=1S/C17H16N8O/c1-7-3-9(4-8(2)14(7)26)13-11-12(20)10(5-18)15(21)24-16(11)25-17(23-13)22-6-19/h3-4,13,26H,1-2H3,(H6,20,21,22,23,24,25). The summed E-state index contributed by atoms with van der Waals surface area (Å²) in [5, 5.41) is 33.6. The van der Waals surface area contributed by atoms with Crippen molar-refractivity contribution in [3.63, 3.8) is 0 Å². The number of nitrogens with zero attached hydrogens (tertiary/aromatic N) is 4. The number of nitriles is 2. The normalized spacial score (nSPS) is 15.1. The molecule has 2 heterocycles. The summed E-state index contributed by atoms with van der Waals surface area (Å²) >= 11 is 0. The van der Waals surface area contributed by atoms with Crippen molar-refractivity contribution >= 4 is 23.3 Å². The lowest BCUT2D eigenvalue weighted by molar-refractivity contribution is 0.466. The van der Waals surface area contributed by atoms with Crippen LogP contribution in [-0.2, 0) is 0 Å². The number of phenolic OH excluding ortho intramolecular Hbond substituents is 1. The number of aromatic nitrogens is 1. The van der Waals surface area contributed by atoms with Crippen molar-refractivity contribution in [2.24, 2.45) is 4.99 Å². The van der Waals surface area contributed by atoms with Crippen LogP contribution in [0.1, 0.15) is 33.9 Å². The summed E-state index contributed by atoms with van der Waals surface area (Å²) < 4.78 is 0. The van der Waals surface area contributed by atoms with Crippen molar-refractivity contribution in [3.8, 4) is 18.0 Å². The molecular formula is C17H16N8O. The highest BCUT2D eigenvalue weighted by Gasteiger charge is 2.30. The van der Waals surface area contributed by atoms with Gasteiger partial charge in [0, 0.05) is 5.56 Å². The molecule has 1 aromatic heterocycles. The number of phenols is 1. The van der Waals surface area contributed by atoms with Gasteiger partial charge in [-0.25, -0.2) is 9.98 Å². The molecule has 0 amide bonds. The quantitative estimate of drug-likeness (QED) is 0.380. The molecule has 130 valence electrons. The largest absolute Gasteiger partial charge is 0.507 e. The average Bonchev–Trinajstić information content (AvgIpc) is 2.59. The Morgan fingerprint density at radius 1 is 1.23 bits per heavy atom. The van der Waals surface area contributed by atoms with Crippen LogP contribution in [-0.4, -0.2) is 16.1 Å². The number of aromatic hydroxyl groups is 1. The van der Waals surface area contributed by atoms with Crippen LogP contribution >= 0.6 is 0 Å². The number of aryl methyl sites for hydroxylation is 2. The predicted octanol–water partition coefficient (Wildman–Crippen LogP) is 1.38. The summed E-state index contributed by atoms with van der Waals surface area (Å²) in [4.78, 5) is 8.68. The molecule has 1 unspecified atom stereocenters. The topological polar surface area (TPSA) is 169 Å². The number of rotatable bonds is 1. The fourth-order valence-electron chi connectivity index (χ4n) is 2.97. The first-order chi connectivity index (χ1) is 12.4. The summed E-state index contributed by atoms with van der Waals surface area (Å²) in [6.45, 7) is 3.55. The highest BCUT2D eigenvalue weighted by molar-refractivity contribution is 5.98. The zero-order valence-corrected chi connectivity index (χ0v) is 14.1. The van der Waals surface area contributed by atoms with Crippen molar-refractivity contribution in [1.82, 2.24) is 10.3 Å². The van der Waals surface area contributed by atoms with E-state index in [9.17, 15) is 10.4 Å². The maximum Gasteiger partial charge on any atom is 0.211 e. The lowest BCUT2D eigenvalue weighted by Gasteiger charge is -2.26. The molecule has 26 heavy (non-hydrogen) atoms. The van der Waals surface area contributed by atoms with E-state index < -0.39 is 6.04 Å². The van der Waals surface area contributed by atoms with Crippen molar-refractivity contribution in [2.75, 3.05) is 16.8 Å². The molecule has 1 aliphatic rings. The predicted molar refractivity (Wildman–Crippen MR) is 97.0 cm³/mol. The van der Waals surface area contributed by atoms with Crippen LogP contribution in [0.3, 0.4) is 0 Å². The van der Waals surface area contributed by atoms with Crippen LogP contribution < -0.4 is 22.1 Å². The molecule has 1 atom stereocenters. The molecule has 0 saturated carbocycles. The van der Waals surface area contributed by atoms with E-state index in [1.807, 2.05) is 6.07 Å². The summed E-state index contributed by atoms with van der Waals surface area (Å²) in [6, 6.07) is 4.88. The number of hydrogen-bond donors (Lipinski definition) is 5. The molecule has 0 radical (unpaired) electrons. The van der Waals surface area contributed by atoms with Crippen LogP contribution in [0.25, 0.3) is 0 Å². The van der Waals surface area contributed by atoms with Gasteiger partial charge in [-0.15, -0.1) is 0 Å². The maximum absolute atomic E-state index is 10.0. The smallest absolute Gasteiger partial charge is 0.211 e. The Balaban J connectivity index is 2.28. The Labute approximate surface area is 149 Å². The van der Waals surface area contributed by atoms with Gasteiger partial charge in [0.25, 0.3) is 0 Å². The van der Waals surface area contributed by atoms with Gasteiger partial charge in [0.1, 0.15) is 35.1 Å². The summed E-state index contributed by atoms with van der Waals surface area (Å²) in [5.41, 5.74) is 14.8. The highest BCUT2D eigenvalue weighted by Crippen LogP contribution is 2.41. The minimum atomic E-state index is -0.625. The first-order valence-corrected chi connectivity index (χ1v) is 7.66. The van der Waals surface area contributed by atoms with E-state index in [2.05, 4.69) is 20.6 Å². The van der Waals surface area contributed by atoms with Crippen LogP contribution in [0.15, 0.2) is 17.1 Å². The second-order valence-corrected chi connectivity index (χ2v) is 5.91. The molecule has 2 aromatic rings. The number of fused-ring (bicyclic) bond motifs is 1. The number of pyridine rings is 1. The number of nitrogens with one attached hydrogen (secondary N) is 2. The maximum atomic E-state index is 10.0. The van der Waals surface area contributed by atoms with E-state index >= 15 is 0 Å². The van der Waals surface area contributed by atoms with Crippen LogP contribution in [0.4, 0.5) is 17.3 Å². The number of guanidine groups is 1. The number of benzene rings is 1. The lowest BCUT2D eigenvalue weighted by atomic mass is 9.92. The van der Waals surface area contributed by atoms with Gasteiger partial charge >= 0.3 is 0 Å². The third kappa shape index (κ3) is 2.58. The molecule has 3 rings (SSSR count). The van der Waals surface area contributed by atoms with Crippen LogP contribution in [0.5, 0.6) is 5.75 Å². The molecule has 0 bridgehead atoms. The summed E-state index contributed by atoms with van der Waals surface area (Å²) in [6.07, 6.45) is 1.80. The lowest BCUT2D eigenvalue weighted by Crippen LogP contribution is -2.32. The van der Waals surface area contributed by atoms with Crippen molar-refractivity contribution in [1.29, 1.82) is 10.5 Å². The monoisotopic (exact) mass is 348 g/mol. The van der Waals surface area contributed by atoms with E-state index in [0.29, 0.717) is 22.5 Å². The van der Waals surface area contributed by atoms with E-state index in [4.69, 9.17) is 16.7 Å². The third-order valence-electron chi connectivity index (χ3n) is 4.19. The van der Waals surface area contributed by atoms with E-state index in [1.165, 1.54) is 0 Å². The van der Waals surface area contributed by atoms with Gasteiger partial charge in [0.05, 0.1) is 5.69 Å². The van der Waals surface area contributed by atoms with E-state index in [1.54, 1.807) is 32.2 Å². The molecule has 9 heteroatoms. The second-order valence-electron chi connectivity index (χ2n) is 5.91. The molecule has 7 N–H and O–H groups in total. The Kier molecular flexibility index (Phi) is 3.99. The van der Waals surface area contributed by atoms with Gasteiger partial charge in [-0.2, -0.15) is 10.5 Å². The molecule has 9 nitrogen and oxygen atoms in total. The van der Waals surface area contributed by atoms with Gasteiger partial charge in [-0.1, -0.05) is 0 Å². The Bertz CT molecular complexity index is 1010. The van der Waals surface area contributed by atoms with E-state index in [0.717, 1.165) is 5.56 Å². The Hall–Kier alpha value is -3.98. The number of nitrogens with two attached hydrogens (primary N) is 2. The van der Waals surface area contributed by atoms with Crippen molar-refractivity contribution < 1.29 is 5.11 Å². The number of hydrogen-bond acceptors (Lipinski definition) is 9. The van der Waals surface area contributed by atoms with Crippen molar-refractivity contribution in [2.45, 2.75) is 19.9 Å². The van der Waals surface area contributed by atoms with Crippen LogP contribution in [0.2, 0.25) is 0 Å². The van der Waals surface area contributed by atoms with Crippen molar-refractivity contribution in [3.05, 3.63) is 39.9 Å². The zero-order valence-electron chi connectivity index (χ0n) is 14.1. The van der Waals surface area contributed by atoms with Gasteiger partial charge < -0.3 is 21.9 Å². The number of nitrogen functional groups attached to an aromatic ring is 2. The molecule has 0 aliphatic carbocycles. The summed E-state index contributed by atoms with van der Waals surface area (Å²) in [5.74, 6) is 0.694. The van der Waals surface area contributed by atoms with E-state index in [-0.39, 0.29) is 28.8 Å². The Morgan fingerprint density at radius 2 is 1.88 bits per heavy atom. The average molecular weight is 348 g/mol. The molecule has 1 aromatic carbocycles. The molecule has 1 aliphatic heterocycles. The first kappa shape index (κ1) is 16.9. The molecule has 0 fully saturated rings. The fraction of sp³-hybridized carbons (Fsp3) is 0.176. The summed E-state index contributed by atoms with van der Waals surface area (Å²) in [7, 11) is 0. The van der Waals surface area contributed by atoms with Gasteiger partial charge in [-0.3, -0.25) is 5.32 Å². The highest BCUT2D eigenvalue weighted by atomic mass is 16.3. The number of anilines is 3. The van der Waals surface area contributed by atoms with Gasteiger partial charge in [-0.05, 0) is 42.7 Å². The molecule has 0 spiro atoms. The SMILES string of the molecule is Cc1cc(C2N=C(NC#N)Nc3nc(N)c(C#N)c(N)c32)cc(C)c1O.